The summed E-state index contributed by atoms with van der Waals surface area (Å²) >= 11 is 0. The van der Waals surface area contributed by atoms with Gasteiger partial charge in [0.2, 0.25) is 5.91 Å². The number of nitrogens with one attached hydrogen (secondary N) is 3. The SMILES string of the molecule is CC(C)(C)NCCNC(=O)C1CCCN1.Cl. The van der Waals surface area contributed by atoms with Crippen molar-refractivity contribution in [2.24, 2.45) is 0 Å². The van der Waals surface area contributed by atoms with E-state index in [4.69, 9.17) is 0 Å². The summed E-state index contributed by atoms with van der Waals surface area (Å²) in [7, 11) is 0. The van der Waals surface area contributed by atoms with Gasteiger partial charge >= 0.3 is 0 Å². The molecular formula is C11H24ClN3O. The Labute approximate surface area is 104 Å². The van der Waals surface area contributed by atoms with E-state index in [-0.39, 0.29) is 29.9 Å². The first-order valence-corrected chi connectivity index (χ1v) is 5.75. The smallest absolute Gasteiger partial charge is 0.237 e. The van der Waals surface area contributed by atoms with Crippen molar-refractivity contribution in [3.8, 4) is 0 Å². The van der Waals surface area contributed by atoms with E-state index in [9.17, 15) is 4.79 Å². The van der Waals surface area contributed by atoms with Gasteiger partial charge in [-0.05, 0) is 40.2 Å². The summed E-state index contributed by atoms with van der Waals surface area (Å²) in [5.41, 5.74) is 0.121. The lowest BCUT2D eigenvalue weighted by atomic mass is 10.1. The molecule has 1 aliphatic rings. The Morgan fingerprint density at radius 2 is 2.06 bits per heavy atom. The van der Waals surface area contributed by atoms with Crippen molar-refractivity contribution in [1.29, 1.82) is 0 Å². The average molecular weight is 250 g/mol. The van der Waals surface area contributed by atoms with Gasteiger partial charge in [-0.25, -0.2) is 0 Å². The number of carbonyl (C=O) groups excluding carboxylic acids is 1. The molecule has 1 atom stereocenters. The molecule has 0 aromatic carbocycles. The number of rotatable bonds is 4. The summed E-state index contributed by atoms with van der Waals surface area (Å²) in [6.45, 7) is 8.85. The summed E-state index contributed by atoms with van der Waals surface area (Å²) in [5, 5.41) is 9.45. The van der Waals surface area contributed by atoms with Crippen LogP contribution in [0.5, 0.6) is 0 Å². The zero-order valence-corrected chi connectivity index (χ0v) is 11.2. The molecular weight excluding hydrogens is 226 g/mol. The molecule has 0 saturated carbocycles. The van der Waals surface area contributed by atoms with Gasteiger partial charge in [-0.3, -0.25) is 4.79 Å². The van der Waals surface area contributed by atoms with E-state index in [0.29, 0.717) is 6.54 Å². The quantitative estimate of drug-likeness (QED) is 0.642. The normalized spacial score (nSPS) is 20.3. The monoisotopic (exact) mass is 249 g/mol. The second-order valence-corrected chi connectivity index (χ2v) is 5.12. The molecule has 96 valence electrons. The van der Waals surface area contributed by atoms with Gasteiger partial charge in [0, 0.05) is 18.6 Å². The second kappa shape index (κ2) is 7.09. The van der Waals surface area contributed by atoms with Gasteiger partial charge in [-0.2, -0.15) is 0 Å². The number of hydrogen-bond acceptors (Lipinski definition) is 3. The molecule has 0 spiro atoms. The third-order valence-corrected chi connectivity index (χ3v) is 2.46. The lowest BCUT2D eigenvalue weighted by Crippen LogP contribution is -2.45. The summed E-state index contributed by atoms with van der Waals surface area (Å²) < 4.78 is 0. The van der Waals surface area contributed by atoms with Crippen LogP contribution >= 0.6 is 12.4 Å². The zero-order valence-electron chi connectivity index (χ0n) is 10.4. The maximum absolute atomic E-state index is 11.6. The van der Waals surface area contributed by atoms with Gasteiger partial charge < -0.3 is 16.0 Å². The molecule has 0 aliphatic carbocycles. The van der Waals surface area contributed by atoms with Crippen molar-refractivity contribution in [3.05, 3.63) is 0 Å². The fourth-order valence-electron chi connectivity index (χ4n) is 1.65. The molecule has 1 saturated heterocycles. The fraction of sp³-hybridized carbons (Fsp3) is 0.909. The summed E-state index contributed by atoms with van der Waals surface area (Å²) in [6, 6.07) is 0.0413. The van der Waals surface area contributed by atoms with Crippen LogP contribution in [0.15, 0.2) is 0 Å². The van der Waals surface area contributed by atoms with Crippen molar-refractivity contribution in [1.82, 2.24) is 16.0 Å². The predicted molar refractivity (Wildman–Crippen MR) is 69.0 cm³/mol. The molecule has 16 heavy (non-hydrogen) atoms. The van der Waals surface area contributed by atoms with Crippen molar-refractivity contribution >= 4 is 18.3 Å². The number of carbonyl (C=O) groups is 1. The molecule has 1 heterocycles. The van der Waals surface area contributed by atoms with Crippen LogP contribution in [0.3, 0.4) is 0 Å². The molecule has 1 fully saturated rings. The van der Waals surface area contributed by atoms with Crippen LogP contribution in [0.2, 0.25) is 0 Å². The van der Waals surface area contributed by atoms with Crippen LogP contribution < -0.4 is 16.0 Å². The van der Waals surface area contributed by atoms with E-state index in [1.165, 1.54) is 0 Å². The Morgan fingerprint density at radius 1 is 1.38 bits per heavy atom. The molecule has 1 unspecified atom stereocenters. The van der Waals surface area contributed by atoms with Crippen LogP contribution in [-0.2, 0) is 4.79 Å². The highest BCUT2D eigenvalue weighted by atomic mass is 35.5. The van der Waals surface area contributed by atoms with Crippen molar-refractivity contribution in [2.75, 3.05) is 19.6 Å². The molecule has 1 aliphatic heterocycles. The fourth-order valence-corrected chi connectivity index (χ4v) is 1.65. The summed E-state index contributed by atoms with van der Waals surface area (Å²) in [5.74, 6) is 0.142. The first kappa shape index (κ1) is 15.7. The van der Waals surface area contributed by atoms with E-state index < -0.39 is 0 Å². The number of halogens is 1. The number of hydrogen-bond donors (Lipinski definition) is 3. The Hall–Kier alpha value is -0.320. The largest absolute Gasteiger partial charge is 0.353 e. The molecule has 5 heteroatoms. The van der Waals surface area contributed by atoms with E-state index in [2.05, 4.69) is 36.7 Å². The number of amides is 1. The van der Waals surface area contributed by atoms with Gasteiger partial charge in [0.05, 0.1) is 6.04 Å². The Balaban J connectivity index is 0.00000225. The molecule has 0 bridgehead atoms. The minimum Gasteiger partial charge on any atom is -0.353 e. The maximum Gasteiger partial charge on any atom is 0.237 e. The third-order valence-electron chi connectivity index (χ3n) is 2.46. The van der Waals surface area contributed by atoms with E-state index in [1.807, 2.05) is 0 Å². The molecule has 4 nitrogen and oxygen atoms in total. The summed E-state index contributed by atoms with van der Waals surface area (Å²) in [6.07, 6.45) is 2.08. The van der Waals surface area contributed by atoms with Gasteiger partial charge in [0.25, 0.3) is 0 Å². The standard InChI is InChI=1S/C11H23N3O.ClH/c1-11(2,3)14-8-7-13-10(15)9-5-4-6-12-9;/h9,12,14H,4-8H2,1-3H3,(H,13,15);1H. The minimum atomic E-state index is 0. The molecule has 0 aromatic heterocycles. The molecule has 3 N–H and O–H groups in total. The van der Waals surface area contributed by atoms with Crippen LogP contribution in [0.1, 0.15) is 33.6 Å². The molecule has 0 radical (unpaired) electrons. The summed E-state index contributed by atoms with van der Waals surface area (Å²) in [4.78, 5) is 11.6. The molecule has 1 amide bonds. The molecule has 0 aromatic rings. The van der Waals surface area contributed by atoms with Crippen LogP contribution in [-0.4, -0.2) is 37.1 Å². The molecule has 1 rings (SSSR count). The van der Waals surface area contributed by atoms with Crippen molar-refractivity contribution in [3.63, 3.8) is 0 Å². The van der Waals surface area contributed by atoms with Gasteiger partial charge in [0.15, 0.2) is 0 Å². The first-order valence-electron chi connectivity index (χ1n) is 5.75. The lowest BCUT2D eigenvalue weighted by molar-refractivity contribution is -0.122. The third kappa shape index (κ3) is 6.30. The van der Waals surface area contributed by atoms with Crippen molar-refractivity contribution in [2.45, 2.75) is 45.2 Å². The van der Waals surface area contributed by atoms with Gasteiger partial charge in [-0.1, -0.05) is 0 Å². The average Bonchev–Trinajstić information content (AvgIpc) is 2.63. The van der Waals surface area contributed by atoms with Gasteiger partial charge in [-0.15, -0.1) is 12.4 Å². The minimum absolute atomic E-state index is 0. The highest BCUT2D eigenvalue weighted by Gasteiger charge is 2.21. The Bertz CT molecular complexity index is 210. The highest BCUT2D eigenvalue weighted by Crippen LogP contribution is 2.04. The highest BCUT2D eigenvalue weighted by molar-refractivity contribution is 5.85. The van der Waals surface area contributed by atoms with E-state index >= 15 is 0 Å². The maximum atomic E-state index is 11.6. The Morgan fingerprint density at radius 3 is 2.56 bits per heavy atom. The first-order chi connectivity index (χ1) is 6.99. The van der Waals surface area contributed by atoms with E-state index in [0.717, 1.165) is 25.9 Å². The van der Waals surface area contributed by atoms with Crippen LogP contribution in [0.4, 0.5) is 0 Å². The topological polar surface area (TPSA) is 53.2 Å². The van der Waals surface area contributed by atoms with E-state index in [1.54, 1.807) is 0 Å². The van der Waals surface area contributed by atoms with Gasteiger partial charge in [0.1, 0.15) is 0 Å². The van der Waals surface area contributed by atoms with Crippen LogP contribution in [0, 0.1) is 0 Å². The second-order valence-electron chi connectivity index (χ2n) is 5.12. The van der Waals surface area contributed by atoms with Crippen molar-refractivity contribution < 1.29 is 4.79 Å². The Kier molecular flexibility index (Phi) is 6.95. The lowest BCUT2D eigenvalue weighted by Gasteiger charge is -2.21. The zero-order chi connectivity index (χ0) is 11.3. The predicted octanol–water partition coefficient (Wildman–Crippen LogP) is 0.665. The van der Waals surface area contributed by atoms with Crippen LogP contribution in [0.25, 0.3) is 0 Å².